The van der Waals surface area contributed by atoms with Crippen LogP contribution in [-0.4, -0.2) is 42.3 Å². The van der Waals surface area contributed by atoms with E-state index in [4.69, 9.17) is 11.6 Å². The second-order valence-electron chi connectivity index (χ2n) is 3.84. The first-order valence-electron chi connectivity index (χ1n) is 5.16. The molecule has 16 heavy (non-hydrogen) atoms. The monoisotopic (exact) mass is 243 g/mol. The zero-order valence-electron chi connectivity index (χ0n) is 8.66. The lowest BCUT2D eigenvalue weighted by atomic mass is 9.86. The molecule has 0 aromatic carbocycles. The molecule has 2 aliphatic rings. The molecule has 6 heteroatoms. The number of piperazine rings is 1. The van der Waals surface area contributed by atoms with Gasteiger partial charge in [0.15, 0.2) is 5.54 Å². The van der Waals surface area contributed by atoms with Crippen LogP contribution >= 0.6 is 11.6 Å². The molecular weight excluding hydrogens is 230 g/mol. The molecule has 1 fully saturated rings. The van der Waals surface area contributed by atoms with Crippen molar-refractivity contribution in [3.63, 3.8) is 0 Å². The van der Waals surface area contributed by atoms with Crippen molar-refractivity contribution in [2.24, 2.45) is 0 Å². The maximum atomic E-state index is 11.5. The zero-order valence-corrected chi connectivity index (χ0v) is 9.42. The Bertz CT molecular complexity index is 350. The lowest BCUT2D eigenvalue weighted by Gasteiger charge is -2.41. The molecule has 4 N–H and O–H groups in total. The van der Waals surface area contributed by atoms with E-state index < -0.39 is 11.5 Å². The van der Waals surface area contributed by atoms with Crippen LogP contribution in [0, 0.1) is 0 Å². The molecule has 2 atom stereocenters. The van der Waals surface area contributed by atoms with E-state index in [0.717, 1.165) is 13.1 Å². The van der Waals surface area contributed by atoms with Gasteiger partial charge in [-0.1, -0.05) is 11.6 Å². The third kappa shape index (κ3) is 1.71. The summed E-state index contributed by atoms with van der Waals surface area (Å²) in [7, 11) is 0. The van der Waals surface area contributed by atoms with Gasteiger partial charge in [0, 0.05) is 19.6 Å². The lowest BCUT2D eigenvalue weighted by molar-refractivity contribution is -0.143. The minimum absolute atomic E-state index is 0.271. The third-order valence-corrected chi connectivity index (χ3v) is 3.35. The summed E-state index contributed by atoms with van der Waals surface area (Å²) < 4.78 is 0. The molecule has 0 aromatic rings. The zero-order chi connectivity index (χ0) is 11.6. The molecule has 5 nitrogen and oxygen atoms in total. The van der Waals surface area contributed by atoms with Crippen molar-refractivity contribution in [1.82, 2.24) is 16.0 Å². The molecule has 0 amide bonds. The number of nitrogens with one attached hydrogen (secondary N) is 3. The van der Waals surface area contributed by atoms with Crippen LogP contribution in [0.3, 0.4) is 0 Å². The van der Waals surface area contributed by atoms with Crippen molar-refractivity contribution >= 4 is 17.6 Å². The summed E-state index contributed by atoms with van der Waals surface area (Å²) in [6.45, 7) is 2.13. The maximum Gasteiger partial charge on any atom is 0.336 e. The van der Waals surface area contributed by atoms with E-state index in [9.17, 15) is 9.90 Å². The van der Waals surface area contributed by atoms with E-state index in [2.05, 4.69) is 16.0 Å². The van der Waals surface area contributed by atoms with Gasteiger partial charge in [-0.2, -0.15) is 0 Å². The van der Waals surface area contributed by atoms with Crippen LogP contribution in [-0.2, 0) is 4.79 Å². The van der Waals surface area contributed by atoms with Gasteiger partial charge in [-0.05, 0) is 18.4 Å². The molecule has 2 unspecified atom stereocenters. The van der Waals surface area contributed by atoms with E-state index in [1.807, 2.05) is 0 Å². The Morgan fingerprint density at radius 2 is 2.38 bits per heavy atom. The largest absolute Gasteiger partial charge is 0.479 e. The average Bonchev–Trinajstić information content (AvgIpc) is 2.30. The Kier molecular flexibility index (Phi) is 3.18. The van der Waals surface area contributed by atoms with Gasteiger partial charge in [-0.15, -0.1) is 0 Å². The van der Waals surface area contributed by atoms with Crippen LogP contribution in [0.25, 0.3) is 0 Å². The van der Waals surface area contributed by atoms with E-state index >= 15 is 0 Å². The van der Waals surface area contributed by atoms with Crippen LogP contribution in [0.5, 0.6) is 0 Å². The number of carboxylic acid groups (broad SMARTS) is 1. The van der Waals surface area contributed by atoms with Gasteiger partial charge in [0.1, 0.15) is 0 Å². The first kappa shape index (κ1) is 11.4. The normalized spacial score (nSPS) is 34.1. The molecule has 2 aliphatic heterocycles. The predicted octanol–water partition coefficient (Wildman–Crippen LogP) is -0.389. The number of aliphatic carboxylic acids is 1. The molecule has 0 aliphatic carbocycles. The molecule has 0 aromatic heterocycles. The quantitative estimate of drug-likeness (QED) is 0.532. The Labute approximate surface area is 98.5 Å². The summed E-state index contributed by atoms with van der Waals surface area (Å²) in [6.07, 6.45) is 4.92. The highest BCUT2D eigenvalue weighted by Gasteiger charge is 2.49. The highest BCUT2D eigenvalue weighted by atomic mass is 35.5. The number of hydrogen-bond acceptors (Lipinski definition) is 4. The minimum Gasteiger partial charge on any atom is -0.479 e. The molecular formula is C10H14ClN3O2. The molecule has 2 heterocycles. The van der Waals surface area contributed by atoms with Crippen LogP contribution in [0.4, 0.5) is 0 Å². The molecule has 0 saturated carbocycles. The van der Waals surface area contributed by atoms with Crippen molar-refractivity contribution in [3.05, 3.63) is 23.4 Å². The van der Waals surface area contributed by atoms with E-state index in [1.165, 1.54) is 0 Å². The number of hydrogen-bond donors (Lipinski definition) is 4. The van der Waals surface area contributed by atoms with E-state index in [0.29, 0.717) is 11.6 Å². The van der Waals surface area contributed by atoms with Crippen molar-refractivity contribution < 1.29 is 9.90 Å². The number of dihydropyridines is 1. The number of allylic oxidation sites excluding steroid dienone is 2. The topological polar surface area (TPSA) is 73.4 Å². The number of carbonyl (C=O) groups is 1. The summed E-state index contributed by atoms with van der Waals surface area (Å²) in [4.78, 5) is 11.5. The fraction of sp³-hybridized carbons (Fsp3) is 0.500. The Morgan fingerprint density at radius 1 is 1.56 bits per heavy atom. The van der Waals surface area contributed by atoms with Crippen LogP contribution in [0.15, 0.2) is 23.4 Å². The summed E-state index contributed by atoms with van der Waals surface area (Å²) in [5.41, 5.74) is -1.26. The van der Waals surface area contributed by atoms with Gasteiger partial charge in [-0.25, -0.2) is 4.79 Å². The Balaban J connectivity index is 2.31. The molecule has 0 spiro atoms. The first-order chi connectivity index (χ1) is 7.68. The smallest absolute Gasteiger partial charge is 0.336 e. The molecule has 0 bridgehead atoms. The second-order valence-corrected chi connectivity index (χ2v) is 4.25. The van der Waals surface area contributed by atoms with Crippen LogP contribution in [0.1, 0.15) is 0 Å². The summed E-state index contributed by atoms with van der Waals surface area (Å²) in [6, 6.07) is -0.271. The molecule has 88 valence electrons. The minimum atomic E-state index is -1.26. The van der Waals surface area contributed by atoms with Gasteiger partial charge >= 0.3 is 5.97 Å². The standard InChI is InChI=1S/C10H14ClN3O2/c11-7-2-1-3-14-10(7,9(15)16)8-6-12-4-5-13-8/h1-3,8,12-14H,4-6H2,(H,15,16). The van der Waals surface area contributed by atoms with Crippen molar-refractivity contribution in [2.75, 3.05) is 19.6 Å². The van der Waals surface area contributed by atoms with Gasteiger partial charge in [-0.3, -0.25) is 0 Å². The van der Waals surface area contributed by atoms with Crippen LogP contribution in [0.2, 0.25) is 0 Å². The molecule has 2 rings (SSSR count). The summed E-state index contributed by atoms with van der Waals surface area (Å²) in [5, 5.41) is 18.9. The van der Waals surface area contributed by atoms with Crippen molar-refractivity contribution in [2.45, 2.75) is 11.6 Å². The highest BCUT2D eigenvalue weighted by molar-refractivity contribution is 6.33. The van der Waals surface area contributed by atoms with Crippen molar-refractivity contribution in [3.8, 4) is 0 Å². The summed E-state index contributed by atoms with van der Waals surface area (Å²) in [5.74, 6) is -0.973. The van der Waals surface area contributed by atoms with Gasteiger partial charge in [0.25, 0.3) is 0 Å². The second kappa shape index (κ2) is 4.45. The van der Waals surface area contributed by atoms with Gasteiger partial charge < -0.3 is 21.1 Å². The Morgan fingerprint density at radius 3 is 2.94 bits per heavy atom. The predicted molar refractivity (Wildman–Crippen MR) is 61.2 cm³/mol. The SMILES string of the molecule is O=C(O)C1(C2CNCCN2)NC=CC=C1Cl. The van der Waals surface area contributed by atoms with Crippen molar-refractivity contribution in [1.29, 1.82) is 0 Å². The lowest BCUT2D eigenvalue weighted by Crippen LogP contribution is -2.69. The maximum absolute atomic E-state index is 11.5. The molecule has 1 saturated heterocycles. The van der Waals surface area contributed by atoms with Crippen LogP contribution < -0.4 is 16.0 Å². The van der Waals surface area contributed by atoms with E-state index in [1.54, 1.807) is 18.4 Å². The fourth-order valence-electron chi connectivity index (χ4n) is 2.05. The van der Waals surface area contributed by atoms with Gasteiger partial charge in [0.05, 0.1) is 11.1 Å². The number of rotatable bonds is 2. The highest BCUT2D eigenvalue weighted by Crippen LogP contribution is 2.28. The average molecular weight is 244 g/mol. The first-order valence-corrected chi connectivity index (χ1v) is 5.53. The number of carboxylic acids is 1. The van der Waals surface area contributed by atoms with E-state index in [-0.39, 0.29) is 6.04 Å². The van der Waals surface area contributed by atoms with Gasteiger partial charge in [0.2, 0.25) is 0 Å². The molecule has 0 radical (unpaired) electrons. The Hall–Kier alpha value is -1.04. The summed E-state index contributed by atoms with van der Waals surface area (Å²) >= 11 is 6.07. The number of halogens is 1. The fourth-order valence-corrected chi connectivity index (χ4v) is 2.39. The third-order valence-electron chi connectivity index (χ3n) is 2.93.